The van der Waals surface area contributed by atoms with E-state index in [0.717, 1.165) is 23.9 Å². The molecule has 0 unspecified atom stereocenters. The van der Waals surface area contributed by atoms with E-state index in [1.165, 1.54) is 0 Å². The molecule has 0 spiro atoms. The summed E-state index contributed by atoms with van der Waals surface area (Å²) >= 11 is 0. The maximum absolute atomic E-state index is 11.2. The van der Waals surface area contributed by atoms with E-state index in [1.807, 2.05) is 28.8 Å². The summed E-state index contributed by atoms with van der Waals surface area (Å²) in [5.41, 5.74) is 1.34. The lowest BCUT2D eigenvalue weighted by Gasteiger charge is -2.11. The summed E-state index contributed by atoms with van der Waals surface area (Å²) < 4.78 is 7.40. The van der Waals surface area contributed by atoms with Crippen LogP contribution in [0.3, 0.4) is 0 Å². The minimum Gasteiger partial charge on any atom is -0.478 e. The molecule has 1 aliphatic rings. The van der Waals surface area contributed by atoms with Crippen LogP contribution in [0.1, 0.15) is 22.8 Å². The maximum atomic E-state index is 11.2. The van der Waals surface area contributed by atoms with Crippen molar-refractivity contribution in [2.24, 2.45) is 0 Å². The normalized spacial score (nSPS) is 19.9. The number of nitrogens with zero attached hydrogens (tertiary/aromatic N) is 1. The van der Waals surface area contributed by atoms with Gasteiger partial charge in [0.05, 0.1) is 18.2 Å². The predicted molar refractivity (Wildman–Crippen MR) is 63.4 cm³/mol. The summed E-state index contributed by atoms with van der Waals surface area (Å²) in [6.07, 6.45) is 2.67. The van der Waals surface area contributed by atoms with Gasteiger partial charge in [0, 0.05) is 23.7 Å². The molecule has 88 valence electrons. The zero-order chi connectivity index (χ0) is 11.8. The second-order valence-corrected chi connectivity index (χ2v) is 4.29. The summed E-state index contributed by atoms with van der Waals surface area (Å²) in [6, 6.07) is 7.86. The van der Waals surface area contributed by atoms with Crippen molar-refractivity contribution in [2.45, 2.75) is 12.5 Å². The van der Waals surface area contributed by atoms with Gasteiger partial charge in [-0.2, -0.15) is 0 Å². The van der Waals surface area contributed by atoms with Crippen molar-refractivity contribution in [1.29, 1.82) is 0 Å². The molecule has 2 heterocycles. The van der Waals surface area contributed by atoms with Crippen molar-refractivity contribution in [3.05, 3.63) is 36.0 Å². The Bertz CT molecular complexity index is 567. The number of benzene rings is 1. The first kappa shape index (κ1) is 10.4. The fourth-order valence-electron chi connectivity index (χ4n) is 2.42. The van der Waals surface area contributed by atoms with Crippen LogP contribution in [0, 0.1) is 0 Å². The zero-order valence-corrected chi connectivity index (χ0v) is 9.30. The first-order chi connectivity index (χ1) is 8.27. The van der Waals surface area contributed by atoms with Gasteiger partial charge in [-0.05, 0) is 12.5 Å². The fourth-order valence-corrected chi connectivity index (χ4v) is 2.42. The number of hydrogen-bond acceptors (Lipinski definition) is 2. The van der Waals surface area contributed by atoms with Gasteiger partial charge in [-0.15, -0.1) is 0 Å². The molecule has 1 aliphatic heterocycles. The molecular formula is C13H13NO3. The lowest BCUT2D eigenvalue weighted by atomic mass is 10.2. The Morgan fingerprint density at radius 2 is 2.24 bits per heavy atom. The first-order valence-corrected chi connectivity index (χ1v) is 5.68. The summed E-state index contributed by atoms with van der Waals surface area (Å²) in [5.74, 6) is -0.876. The number of ether oxygens (including phenoxy) is 1. The molecule has 1 aromatic heterocycles. The topological polar surface area (TPSA) is 51.5 Å². The molecule has 1 N–H and O–H groups in total. The number of carboxylic acid groups (broad SMARTS) is 1. The van der Waals surface area contributed by atoms with Gasteiger partial charge in [-0.25, -0.2) is 4.79 Å². The summed E-state index contributed by atoms with van der Waals surface area (Å²) in [4.78, 5) is 11.2. The van der Waals surface area contributed by atoms with E-state index in [4.69, 9.17) is 4.74 Å². The molecule has 2 aromatic rings. The molecule has 0 amide bonds. The highest BCUT2D eigenvalue weighted by atomic mass is 16.5. The van der Waals surface area contributed by atoms with Crippen LogP contribution in [0.25, 0.3) is 10.9 Å². The first-order valence-electron chi connectivity index (χ1n) is 5.68. The average molecular weight is 231 g/mol. The van der Waals surface area contributed by atoms with Crippen LogP contribution >= 0.6 is 0 Å². The Balaban J connectivity index is 2.20. The van der Waals surface area contributed by atoms with Gasteiger partial charge in [0.2, 0.25) is 0 Å². The van der Waals surface area contributed by atoms with Crippen molar-refractivity contribution >= 4 is 16.9 Å². The molecule has 4 heteroatoms. The minimum atomic E-state index is -0.876. The molecule has 1 saturated heterocycles. The smallest absolute Gasteiger partial charge is 0.337 e. The molecule has 4 nitrogen and oxygen atoms in total. The minimum absolute atomic E-state index is 0.257. The predicted octanol–water partition coefficient (Wildman–Crippen LogP) is 2.30. The van der Waals surface area contributed by atoms with E-state index in [2.05, 4.69) is 0 Å². The number of aromatic nitrogens is 1. The number of hydrogen-bond donors (Lipinski definition) is 1. The van der Waals surface area contributed by atoms with Crippen molar-refractivity contribution in [3.8, 4) is 0 Å². The third-order valence-corrected chi connectivity index (χ3v) is 3.27. The highest BCUT2D eigenvalue weighted by molar-refractivity contribution is 6.03. The molecule has 0 bridgehead atoms. The lowest BCUT2D eigenvalue weighted by molar-refractivity contribution is 0.0698. The molecule has 0 aliphatic carbocycles. The number of carboxylic acids is 1. The third-order valence-electron chi connectivity index (χ3n) is 3.27. The van der Waals surface area contributed by atoms with Crippen LogP contribution in [0.2, 0.25) is 0 Å². The van der Waals surface area contributed by atoms with Crippen molar-refractivity contribution in [2.75, 3.05) is 13.2 Å². The number of rotatable bonds is 2. The molecule has 1 atom stereocenters. The Hall–Kier alpha value is -1.81. The van der Waals surface area contributed by atoms with Gasteiger partial charge in [0.1, 0.15) is 0 Å². The molecule has 1 fully saturated rings. The highest BCUT2D eigenvalue weighted by Crippen LogP contribution is 2.28. The number of aromatic carboxylic acids is 1. The fraction of sp³-hybridized carbons (Fsp3) is 0.308. The van der Waals surface area contributed by atoms with Gasteiger partial charge in [0.15, 0.2) is 0 Å². The second kappa shape index (κ2) is 3.89. The molecule has 3 rings (SSSR count). The van der Waals surface area contributed by atoms with Crippen molar-refractivity contribution in [3.63, 3.8) is 0 Å². The molecule has 1 aromatic carbocycles. The Labute approximate surface area is 98.4 Å². The lowest BCUT2D eigenvalue weighted by Crippen LogP contribution is -2.07. The Morgan fingerprint density at radius 1 is 1.41 bits per heavy atom. The van der Waals surface area contributed by atoms with E-state index >= 15 is 0 Å². The molecule has 0 saturated carbocycles. The average Bonchev–Trinajstić information content (AvgIpc) is 2.95. The van der Waals surface area contributed by atoms with Crippen LogP contribution in [-0.2, 0) is 4.74 Å². The number of carbonyl (C=O) groups is 1. The van der Waals surface area contributed by atoms with Crippen LogP contribution in [0.5, 0.6) is 0 Å². The van der Waals surface area contributed by atoms with E-state index < -0.39 is 5.97 Å². The summed E-state index contributed by atoms with van der Waals surface area (Å²) in [7, 11) is 0. The standard InChI is InChI=1S/C13H13NO3/c15-13(16)11-7-14(9-5-6-17-8-9)12-4-2-1-3-10(11)12/h1-4,7,9H,5-6,8H2,(H,15,16)/t9-/m0/s1. The third kappa shape index (κ3) is 1.61. The van der Waals surface area contributed by atoms with Crippen LogP contribution in [0.15, 0.2) is 30.5 Å². The van der Waals surface area contributed by atoms with E-state index in [9.17, 15) is 9.90 Å². The SMILES string of the molecule is O=C(O)c1cn([C@H]2CCOC2)c2ccccc12. The Kier molecular flexibility index (Phi) is 2.37. The van der Waals surface area contributed by atoms with Gasteiger partial charge >= 0.3 is 5.97 Å². The van der Waals surface area contributed by atoms with Gasteiger partial charge < -0.3 is 14.4 Å². The van der Waals surface area contributed by atoms with Crippen LogP contribution in [0.4, 0.5) is 0 Å². The highest BCUT2D eigenvalue weighted by Gasteiger charge is 2.22. The van der Waals surface area contributed by atoms with Gasteiger partial charge in [-0.1, -0.05) is 18.2 Å². The second-order valence-electron chi connectivity index (χ2n) is 4.29. The summed E-state index contributed by atoms with van der Waals surface area (Å²) in [6.45, 7) is 1.41. The van der Waals surface area contributed by atoms with Gasteiger partial charge in [0.25, 0.3) is 0 Å². The monoisotopic (exact) mass is 231 g/mol. The number of para-hydroxylation sites is 1. The van der Waals surface area contributed by atoms with E-state index in [-0.39, 0.29) is 6.04 Å². The summed E-state index contributed by atoms with van der Waals surface area (Å²) in [5, 5.41) is 9.99. The van der Waals surface area contributed by atoms with E-state index in [0.29, 0.717) is 12.2 Å². The molecule has 0 radical (unpaired) electrons. The van der Waals surface area contributed by atoms with Crippen LogP contribution < -0.4 is 0 Å². The zero-order valence-electron chi connectivity index (χ0n) is 9.30. The van der Waals surface area contributed by atoms with Crippen LogP contribution in [-0.4, -0.2) is 28.9 Å². The van der Waals surface area contributed by atoms with Crippen molar-refractivity contribution in [1.82, 2.24) is 4.57 Å². The quantitative estimate of drug-likeness (QED) is 0.862. The largest absolute Gasteiger partial charge is 0.478 e. The Morgan fingerprint density at radius 3 is 2.94 bits per heavy atom. The van der Waals surface area contributed by atoms with E-state index in [1.54, 1.807) is 6.20 Å². The molecular weight excluding hydrogens is 218 g/mol. The number of fused-ring (bicyclic) bond motifs is 1. The molecule has 17 heavy (non-hydrogen) atoms. The maximum Gasteiger partial charge on any atom is 0.337 e. The van der Waals surface area contributed by atoms with Gasteiger partial charge in [-0.3, -0.25) is 0 Å². The van der Waals surface area contributed by atoms with Crippen molar-refractivity contribution < 1.29 is 14.6 Å².